The van der Waals surface area contributed by atoms with Crippen molar-refractivity contribution < 1.29 is 15.0 Å². The first-order valence-corrected chi connectivity index (χ1v) is 9.58. The normalized spacial score (nSPS) is 10.9. The summed E-state index contributed by atoms with van der Waals surface area (Å²) in [6.45, 7) is 4.18. The SMILES string of the molecule is CC(C)Cc1nc(-c2ccc(CO)cc2)cnc1NC(=O)Cc1ccc(O)cc1. The van der Waals surface area contributed by atoms with Gasteiger partial charge in [-0.25, -0.2) is 9.97 Å². The number of amides is 1. The van der Waals surface area contributed by atoms with E-state index in [1.807, 2.05) is 24.3 Å². The van der Waals surface area contributed by atoms with Crippen molar-refractivity contribution in [3.63, 3.8) is 0 Å². The lowest BCUT2D eigenvalue weighted by Gasteiger charge is -2.13. The number of phenols is 1. The summed E-state index contributed by atoms with van der Waals surface area (Å²) < 4.78 is 0. The number of nitrogens with zero attached hydrogens (tertiary/aromatic N) is 2. The van der Waals surface area contributed by atoms with Crippen LogP contribution in [-0.4, -0.2) is 26.1 Å². The summed E-state index contributed by atoms with van der Waals surface area (Å²) >= 11 is 0. The number of aliphatic hydroxyl groups is 1. The molecule has 3 rings (SSSR count). The summed E-state index contributed by atoms with van der Waals surface area (Å²) in [6.07, 6.45) is 2.52. The largest absolute Gasteiger partial charge is 0.508 e. The van der Waals surface area contributed by atoms with Crippen molar-refractivity contribution in [2.24, 2.45) is 5.92 Å². The van der Waals surface area contributed by atoms with Crippen molar-refractivity contribution in [2.45, 2.75) is 33.3 Å². The molecule has 29 heavy (non-hydrogen) atoms. The predicted octanol–water partition coefficient (Wildman–Crippen LogP) is 3.72. The molecule has 6 nitrogen and oxygen atoms in total. The molecule has 0 atom stereocenters. The number of aromatic nitrogens is 2. The Kier molecular flexibility index (Phi) is 6.57. The van der Waals surface area contributed by atoms with Gasteiger partial charge in [0.25, 0.3) is 0 Å². The van der Waals surface area contributed by atoms with Crippen molar-refractivity contribution in [2.75, 3.05) is 5.32 Å². The Hall–Kier alpha value is -3.25. The minimum Gasteiger partial charge on any atom is -0.508 e. The lowest BCUT2D eigenvalue weighted by Crippen LogP contribution is -2.18. The first-order chi connectivity index (χ1) is 13.9. The number of anilines is 1. The van der Waals surface area contributed by atoms with Crippen LogP contribution in [-0.2, 0) is 24.2 Å². The van der Waals surface area contributed by atoms with Crippen molar-refractivity contribution >= 4 is 11.7 Å². The Morgan fingerprint density at radius 2 is 1.69 bits per heavy atom. The van der Waals surface area contributed by atoms with Gasteiger partial charge in [0.1, 0.15) is 5.75 Å². The molecule has 0 spiro atoms. The van der Waals surface area contributed by atoms with E-state index < -0.39 is 0 Å². The molecule has 6 heteroatoms. The van der Waals surface area contributed by atoms with E-state index in [9.17, 15) is 15.0 Å². The number of nitrogens with one attached hydrogen (secondary N) is 1. The van der Waals surface area contributed by atoms with Gasteiger partial charge in [-0.1, -0.05) is 50.2 Å². The average molecular weight is 391 g/mol. The van der Waals surface area contributed by atoms with Crippen LogP contribution in [0.3, 0.4) is 0 Å². The van der Waals surface area contributed by atoms with Gasteiger partial charge in [-0.3, -0.25) is 4.79 Å². The molecule has 0 radical (unpaired) electrons. The number of carbonyl (C=O) groups excluding carboxylic acids is 1. The number of aromatic hydroxyl groups is 1. The maximum Gasteiger partial charge on any atom is 0.229 e. The van der Waals surface area contributed by atoms with Crippen molar-refractivity contribution in [3.8, 4) is 17.0 Å². The highest BCUT2D eigenvalue weighted by Gasteiger charge is 2.14. The van der Waals surface area contributed by atoms with Crippen LogP contribution in [0.15, 0.2) is 54.7 Å². The third-order valence-corrected chi connectivity index (χ3v) is 4.44. The van der Waals surface area contributed by atoms with Crippen LogP contribution >= 0.6 is 0 Å². The van der Waals surface area contributed by atoms with Crippen LogP contribution in [0.4, 0.5) is 5.82 Å². The fraction of sp³-hybridized carbons (Fsp3) is 0.261. The quantitative estimate of drug-likeness (QED) is 0.570. The zero-order valence-corrected chi connectivity index (χ0v) is 16.6. The van der Waals surface area contributed by atoms with Crippen LogP contribution < -0.4 is 5.32 Å². The molecule has 3 N–H and O–H groups in total. The predicted molar refractivity (Wildman–Crippen MR) is 112 cm³/mol. The number of phenolic OH excluding ortho intramolecular Hbond substituents is 1. The van der Waals surface area contributed by atoms with E-state index in [4.69, 9.17) is 4.98 Å². The van der Waals surface area contributed by atoms with Crippen molar-refractivity contribution in [3.05, 3.63) is 71.5 Å². The van der Waals surface area contributed by atoms with E-state index in [2.05, 4.69) is 24.1 Å². The molecule has 0 saturated carbocycles. The molecule has 1 aromatic heterocycles. The Morgan fingerprint density at radius 3 is 2.31 bits per heavy atom. The van der Waals surface area contributed by atoms with Gasteiger partial charge in [-0.15, -0.1) is 0 Å². The summed E-state index contributed by atoms with van der Waals surface area (Å²) in [5.74, 6) is 0.805. The van der Waals surface area contributed by atoms with Crippen molar-refractivity contribution in [1.29, 1.82) is 0 Å². The summed E-state index contributed by atoms with van der Waals surface area (Å²) in [5.41, 5.74) is 4.01. The third kappa shape index (κ3) is 5.62. The Morgan fingerprint density at radius 1 is 1.03 bits per heavy atom. The highest BCUT2D eigenvalue weighted by atomic mass is 16.3. The second kappa shape index (κ2) is 9.30. The van der Waals surface area contributed by atoms with Gasteiger partial charge in [0.05, 0.1) is 30.6 Å². The molecule has 150 valence electrons. The number of rotatable bonds is 7. The van der Waals surface area contributed by atoms with Gasteiger partial charge in [0.15, 0.2) is 5.82 Å². The van der Waals surface area contributed by atoms with Crippen LogP contribution in [0.5, 0.6) is 5.75 Å². The monoisotopic (exact) mass is 391 g/mol. The zero-order chi connectivity index (χ0) is 20.8. The molecule has 3 aromatic rings. The molecule has 0 bridgehead atoms. The number of aliphatic hydroxyl groups excluding tert-OH is 1. The summed E-state index contributed by atoms with van der Waals surface area (Å²) in [5, 5.41) is 21.4. The standard InChI is InChI=1S/C23H25N3O3/c1-15(2)11-20-23(26-22(29)12-16-5-9-19(28)10-6-16)24-13-21(25-20)18-7-3-17(14-27)4-8-18/h3-10,13,15,27-28H,11-12,14H2,1-2H3,(H,24,26,29). The molecule has 0 fully saturated rings. The smallest absolute Gasteiger partial charge is 0.229 e. The highest BCUT2D eigenvalue weighted by molar-refractivity contribution is 5.92. The van der Waals surface area contributed by atoms with Gasteiger partial charge < -0.3 is 15.5 Å². The number of benzene rings is 2. The molecular weight excluding hydrogens is 366 g/mol. The van der Waals surface area contributed by atoms with Crippen LogP contribution in [0, 0.1) is 5.92 Å². The van der Waals surface area contributed by atoms with Crippen LogP contribution in [0.25, 0.3) is 11.3 Å². The van der Waals surface area contributed by atoms with E-state index in [-0.39, 0.29) is 24.7 Å². The molecular formula is C23H25N3O3. The molecule has 1 heterocycles. The number of carbonyl (C=O) groups is 1. The molecule has 0 aliphatic heterocycles. The van der Waals surface area contributed by atoms with Gasteiger partial charge in [-0.2, -0.15) is 0 Å². The molecule has 2 aromatic carbocycles. The molecule has 0 aliphatic rings. The van der Waals surface area contributed by atoms with E-state index >= 15 is 0 Å². The fourth-order valence-electron chi connectivity index (χ4n) is 2.96. The Balaban J connectivity index is 1.81. The molecule has 0 unspecified atom stereocenters. The fourth-order valence-corrected chi connectivity index (χ4v) is 2.96. The molecule has 0 aliphatic carbocycles. The van der Waals surface area contributed by atoms with E-state index in [0.717, 1.165) is 28.1 Å². The lowest BCUT2D eigenvalue weighted by molar-refractivity contribution is -0.115. The molecule has 0 saturated heterocycles. The van der Waals surface area contributed by atoms with Gasteiger partial charge in [0, 0.05) is 5.56 Å². The summed E-state index contributed by atoms with van der Waals surface area (Å²) in [4.78, 5) is 21.7. The Labute approximate surface area is 170 Å². The topological polar surface area (TPSA) is 95.3 Å². The second-order valence-electron chi connectivity index (χ2n) is 7.39. The zero-order valence-electron chi connectivity index (χ0n) is 16.6. The summed E-state index contributed by atoms with van der Waals surface area (Å²) in [7, 11) is 0. The second-order valence-corrected chi connectivity index (χ2v) is 7.39. The Bertz CT molecular complexity index is 968. The average Bonchev–Trinajstić information content (AvgIpc) is 2.71. The lowest BCUT2D eigenvalue weighted by atomic mass is 10.1. The van der Waals surface area contributed by atoms with Crippen LogP contribution in [0.1, 0.15) is 30.7 Å². The van der Waals surface area contributed by atoms with E-state index in [1.165, 1.54) is 0 Å². The minimum absolute atomic E-state index is 0.00341. The highest BCUT2D eigenvalue weighted by Crippen LogP contribution is 2.22. The maximum absolute atomic E-state index is 12.5. The van der Waals surface area contributed by atoms with E-state index in [1.54, 1.807) is 30.5 Å². The number of hydrogen-bond donors (Lipinski definition) is 3. The minimum atomic E-state index is -0.185. The van der Waals surface area contributed by atoms with E-state index in [0.29, 0.717) is 18.2 Å². The van der Waals surface area contributed by atoms with Gasteiger partial charge >= 0.3 is 0 Å². The first kappa shape index (κ1) is 20.5. The summed E-state index contributed by atoms with van der Waals surface area (Å²) in [6, 6.07) is 14.1. The van der Waals surface area contributed by atoms with Gasteiger partial charge in [0.2, 0.25) is 5.91 Å². The van der Waals surface area contributed by atoms with Crippen LogP contribution in [0.2, 0.25) is 0 Å². The maximum atomic E-state index is 12.5. The van der Waals surface area contributed by atoms with Gasteiger partial charge in [-0.05, 0) is 35.6 Å². The molecule has 1 amide bonds. The third-order valence-electron chi connectivity index (χ3n) is 4.44. The van der Waals surface area contributed by atoms with Crippen molar-refractivity contribution in [1.82, 2.24) is 9.97 Å². The first-order valence-electron chi connectivity index (χ1n) is 9.58. The number of hydrogen-bond acceptors (Lipinski definition) is 5.